The highest BCUT2D eigenvalue weighted by atomic mass is 32.1. The fourth-order valence-corrected chi connectivity index (χ4v) is 6.82. The Bertz CT molecular complexity index is 1310. The molecule has 47 heavy (non-hydrogen) atoms. The number of amides is 3. The van der Waals surface area contributed by atoms with E-state index in [0.29, 0.717) is 17.8 Å². The number of carbonyl (C=O) groups excluding carboxylic acids is 3. The van der Waals surface area contributed by atoms with Crippen molar-refractivity contribution in [3.8, 4) is 0 Å². The van der Waals surface area contributed by atoms with Crippen molar-refractivity contribution in [2.24, 2.45) is 17.8 Å². The summed E-state index contributed by atoms with van der Waals surface area (Å²) in [4.78, 5) is 57.8. The van der Waals surface area contributed by atoms with Gasteiger partial charge >= 0.3 is 5.97 Å². The van der Waals surface area contributed by atoms with Gasteiger partial charge in [-0.25, -0.2) is 4.98 Å². The van der Waals surface area contributed by atoms with Gasteiger partial charge in [-0.3, -0.25) is 19.2 Å². The number of hydrogen-bond acceptors (Lipinski definition) is 8. The van der Waals surface area contributed by atoms with Crippen molar-refractivity contribution in [3.05, 3.63) is 52.0 Å². The van der Waals surface area contributed by atoms with Crippen LogP contribution in [0, 0.1) is 17.8 Å². The summed E-state index contributed by atoms with van der Waals surface area (Å²) in [5.74, 6) is -2.47. The zero-order chi connectivity index (χ0) is 34.7. The Hall–Kier alpha value is -3.35. The van der Waals surface area contributed by atoms with Crippen molar-refractivity contribution in [2.45, 2.75) is 110 Å². The van der Waals surface area contributed by atoms with Crippen LogP contribution in [0.3, 0.4) is 0 Å². The van der Waals surface area contributed by atoms with E-state index < -0.39 is 36.0 Å². The largest absolute Gasteiger partial charge is 0.481 e. The molecular weight excluding hydrogens is 618 g/mol. The number of hydrogen-bond donors (Lipinski definition) is 5. The minimum absolute atomic E-state index is 0.00963. The van der Waals surface area contributed by atoms with Crippen molar-refractivity contribution in [1.82, 2.24) is 25.8 Å². The standard InChI is InChI=1S/C35H53N5O6S/c1-7-22(4)30(39-31(42)26-15-11-12-16-36-26)34(44)40(6)28(21(2)3)19-29(41)33-38-27(20-47-33)32(43)37-25(17-23(5)35(45)46)18-24-13-9-8-10-14-24/h8-10,13-14,20-23,25-26,28-30,36,41H,7,11-12,15-19H2,1-6H3,(H,37,43)(H,39,42)(H,45,46)/t22?,23-,25+,26+,28+,29+,30-/m0/s1. The summed E-state index contributed by atoms with van der Waals surface area (Å²) in [5, 5.41) is 31.9. The first-order chi connectivity index (χ1) is 22.3. The molecule has 1 fully saturated rings. The lowest BCUT2D eigenvalue weighted by Gasteiger charge is -2.37. The first-order valence-electron chi connectivity index (χ1n) is 16.8. The second-order valence-corrected chi connectivity index (χ2v) is 14.2. The average molecular weight is 672 g/mol. The molecule has 1 aliphatic rings. The molecular formula is C35H53N5O6S. The van der Waals surface area contributed by atoms with Crippen molar-refractivity contribution >= 4 is 35.0 Å². The van der Waals surface area contributed by atoms with E-state index in [2.05, 4.69) is 20.9 Å². The number of aliphatic hydroxyl groups excluding tert-OH is 1. The number of rotatable bonds is 17. The zero-order valence-corrected chi connectivity index (χ0v) is 29.4. The molecule has 3 amide bonds. The van der Waals surface area contributed by atoms with E-state index in [1.165, 1.54) is 11.3 Å². The van der Waals surface area contributed by atoms with Crippen LogP contribution in [0.4, 0.5) is 0 Å². The lowest BCUT2D eigenvalue weighted by atomic mass is 9.92. The third kappa shape index (κ3) is 11.1. The van der Waals surface area contributed by atoms with Gasteiger partial charge in [0.15, 0.2) is 0 Å². The van der Waals surface area contributed by atoms with Gasteiger partial charge in [-0.1, -0.05) is 77.8 Å². The topological polar surface area (TPSA) is 161 Å². The molecule has 0 radical (unpaired) electrons. The molecule has 2 aromatic rings. The Balaban J connectivity index is 1.69. The first-order valence-corrected chi connectivity index (χ1v) is 17.7. The Kier molecular flexibility index (Phi) is 14.8. The van der Waals surface area contributed by atoms with Crippen LogP contribution in [0.25, 0.3) is 0 Å². The quantitative estimate of drug-likeness (QED) is 0.168. The van der Waals surface area contributed by atoms with Gasteiger partial charge in [-0.05, 0) is 49.6 Å². The molecule has 260 valence electrons. The molecule has 2 heterocycles. The Morgan fingerprint density at radius 2 is 1.77 bits per heavy atom. The van der Waals surface area contributed by atoms with E-state index in [4.69, 9.17) is 0 Å². The van der Waals surface area contributed by atoms with Crippen molar-refractivity contribution in [1.29, 1.82) is 0 Å². The van der Waals surface area contributed by atoms with E-state index in [9.17, 15) is 29.4 Å². The van der Waals surface area contributed by atoms with Gasteiger partial charge in [0.25, 0.3) is 5.91 Å². The van der Waals surface area contributed by atoms with Crippen LogP contribution in [0.15, 0.2) is 35.7 Å². The molecule has 0 saturated carbocycles. The van der Waals surface area contributed by atoms with Crippen LogP contribution in [0.1, 0.15) is 100 Å². The van der Waals surface area contributed by atoms with Crippen LogP contribution < -0.4 is 16.0 Å². The highest BCUT2D eigenvalue weighted by Crippen LogP contribution is 2.28. The van der Waals surface area contributed by atoms with Gasteiger partial charge in [0.2, 0.25) is 11.8 Å². The van der Waals surface area contributed by atoms with Gasteiger partial charge in [-0.15, -0.1) is 11.3 Å². The molecule has 1 aromatic carbocycles. The number of aliphatic carboxylic acids is 1. The van der Waals surface area contributed by atoms with E-state index >= 15 is 0 Å². The van der Waals surface area contributed by atoms with E-state index in [-0.39, 0.29) is 54.3 Å². The lowest BCUT2D eigenvalue weighted by Crippen LogP contribution is -2.57. The number of carboxylic acids is 1. The van der Waals surface area contributed by atoms with E-state index in [1.807, 2.05) is 58.0 Å². The summed E-state index contributed by atoms with van der Waals surface area (Å²) in [7, 11) is 1.71. The maximum Gasteiger partial charge on any atom is 0.306 e. The van der Waals surface area contributed by atoms with Gasteiger partial charge in [-0.2, -0.15) is 0 Å². The van der Waals surface area contributed by atoms with Gasteiger partial charge in [0.05, 0.1) is 12.0 Å². The zero-order valence-electron chi connectivity index (χ0n) is 28.6. The number of aromatic nitrogens is 1. The normalized spacial score (nSPS) is 18.8. The molecule has 1 unspecified atom stereocenters. The van der Waals surface area contributed by atoms with Crippen molar-refractivity contribution < 1.29 is 29.4 Å². The molecule has 0 aliphatic carbocycles. The molecule has 12 heteroatoms. The molecule has 0 bridgehead atoms. The molecule has 3 rings (SSSR count). The Labute approximate surface area is 282 Å². The number of benzene rings is 1. The second-order valence-electron chi connectivity index (χ2n) is 13.3. The summed E-state index contributed by atoms with van der Waals surface area (Å²) < 4.78 is 0. The van der Waals surface area contributed by atoms with Crippen LogP contribution in [-0.4, -0.2) is 81.5 Å². The summed E-state index contributed by atoms with van der Waals surface area (Å²) in [6.45, 7) is 10.3. The average Bonchev–Trinajstić information content (AvgIpc) is 3.56. The summed E-state index contributed by atoms with van der Waals surface area (Å²) in [5.41, 5.74) is 1.12. The predicted molar refractivity (Wildman–Crippen MR) is 183 cm³/mol. The van der Waals surface area contributed by atoms with Crippen LogP contribution in [0.2, 0.25) is 0 Å². The van der Waals surface area contributed by atoms with E-state index in [0.717, 1.165) is 31.4 Å². The van der Waals surface area contributed by atoms with Gasteiger partial charge < -0.3 is 31.1 Å². The number of likely N-dealkylation sites (N-methyl/N-ethyl adjacent to an activating group) is 1. The third-order valence-electron chi connectivity index (χ3n) is 9.24. The number of nitrogens with one attached hydrogen (secondary N) is 3. The molecule has 1 aromatic heterocycles. The second kappa shape index (κ2) is 18.3. The number of aliphatic hydroxyl groups is 1. The number of carboxylic acid groups (broad SMARTS) is 1. The smallest absolute Gasteiger partial charge is 0.306 e. The highest BCUT2D eigenvalue weighted by molar-refractivity contribution is 7.09. The predicted octanol–water partition coefficient (Wildman–Crippen LogP) is 4.17. The fourth-order valence-electron chi connectivity index (χ4n) is 6.03. The monoisotopic (exact) mass is 671 g/mol. The number of thiazole rings is 1. The molecule has 1 aliphatic heterocycles. The maximum absolute atomic E-state index is 13.9. The minimum atomic E-state index is -1.03. The van der Waals surface area contributed by atoms with Crippen LogP contribution in [0.5, 0.6) is 0 Å². The number of piperidine rings is 1. The molecule has 1 saturated heterocycles. The Morgan fingerprint density at radius 3 is 2.36 bits per heavy atom. The molecule has 7 atom stereocenters. The molecule has 0 spiro atoms. The lowest BCUT2D eigenvalue weighted by molar-refractivity contribution is -0.141. The SMILES string of the molecule is CCC(C)[C@H](NC(=O)[C@H]1CCCCN1)C(=O)N(C)[C@H](C[C@@H](O)c1nc(C(=O)N[C@@H](Cc2ccccc2)C[C@H](C)C(=O)O)cs1)C(C)C. The highest BCUT2D eigenvalue weighted by Gasteiger charge is 2.35. The van der Waals surface area contributed by atoms with Gasteiger partial charge in [0.1, 0.15) is 22.8 Å². The van der Waals surface area contributed by atoms with Crippen molar-refractivity contribution in [3.63, 3.8) is 0 Å². The first kappa shape index (κ1) is 38.1. The Morgan fingerprint density at radius 1 is 1.06 bits per heavy atom. The van der Waals surface area contributed by atoms with Crippen molar-refractivity contribution in [2.75, 3.05) is 13.6 Å². The number of carbonyl (C=O) groups is 4. The number of nitrogens with zero attached hydrogens (tertiary/aromatic N) is 2. The molecule has 11 nitrogen and oxygen atoms in total. The third-order valence-corrected chi connectivity index (χ3v) is 10.2. The maximum atomic E-state index is 13.9. The minimum Gasteiger partial charge on any atom is -0.481 e. The van der Waals surface area contributed by atoms with Crippen LogP contribution in [-0.2, 0) is 20.8 Å². The summed E-state index contributed by atoms with van der Waals surface area (Å²) >= 11 is 1.17. The summed E-state index contributed by atoms with van der Waals surface area (Å²) in [6, 6.07) is 7.77. The fraction of sp³-hybridized carbons (Fsp3) is 0.629. The van der Waals surface area contributed by atoms with E-state index in [1.54, 1.807) is 24.3 Å². The molecule has 5 N–H and O–H groups in total. The van der Waals surface area contributed by atoms with Crippen LogP contribution >= 0.6 is 11.3 Å². The summed E-state index contributed by atoms with van der Waals surface area (Å²) in [6.07, 6.45) is 3.35. The van der Waals surface area contributed by atoms with Gasteiger partial charge in [0, 0.05) is 30.9 Å².